The number of hydrogen-bond donors (Lipinski definition) is 1. The van der Waals surface area contributed by atoms with E-state index >= 15 is 0 Å². The van der Waals surface area contributed by atoms with E-state index in [0.29, 0.717) is 21.3 Å². The highest BCUT2D eigenvalue weighted by Gasteiger charge is 2.21. The van der Waals surface area contributed by atoms with E-state index in [9.17, 15) is 13.2 Å². The molecule has 4 rings (SSSR count). The molecule has 7 nitrogen and oxygen atoms in total. The summed E-state index contributed by atoms with van der Waals surface area (Å²) in [5.41, 5.74) is 6.64. The molecule has 0 aliphatic rings. The SMILES string of the molecule is Cc1cc(/C=N/NC(=O)c2ccc(N(C)S(=O)(=O)c3ccccc3)cc2)c(C)n1-c1cccc(Cl)c1Cl. The first kappa shape index (κ1) is 26.5. The molecule has 1 N–H and O–H groups in total. The first-order valence-corrected chi connectivity index (χ1v) is 13.4. The molecule has 0 unspecified atom stereocenters. The van der Waals surface area contributed by atoms with E-state index in [1.807, 2.05) is 36.6 Å². The minimum absolute atomic E-state index is 0.186. The Bertz CT molecular complexity index is 1580. The lowest BCUT2D eigenvalue weighted by Gasteiger charge is -2.19. The van der Waals surface area contributed by atoms with Crippen molar-refractivity contribution < 1.29 is 13.2 Å². The number of nitrogens with zero attached hydrogens (tertiary/aromatic N) is 3. The number of sulfonamides is 1. The number of halogens is 2. The molecule has 0 atom stereocenters. The lowest BCUT2D eigenvalue weighted by Crippen LogP contribution is -2.26. The summed E-state index contributed by atoms with van der Waals surface area (Å²) >= 11 is 12.6. The van der Waals surface area contributed by atoms with Gasteiger partial charge in [-0.05, 0) is 68.4 Å². The number of aromatic nitrogens is 1. The molecule has 4 aromatic rings. The van der Waals surface area contributed by atoms with Crippen molar-refractivity contribution >= 4 is 51.0 Å². The third kappa shape index (κ3) is 5.41. The van der Waals surface area contributed by atoms with Gasteiger partial charge in [0.15, 0.2) is 0 Å². The molecule has 0 aliphatic heterocycles. The van der Waals surface area contributed by atoms with Crippen molar-refractivity contribution in [2.75, 3.05) is 11.4 Å². The summed E-state index contributed by atoms with van der Waals surface area (Å²) in [6.07, 6.45) is 1.56. The normalized spacial score (nSPS) is 11.6. The van der Waals surface area contributed by atoms with Gasteiger partial charge in [-0.25, -0.2) is 13.8 Å². The van der Waals surface area contributed by atoms with Crippen LogP contribution in [0.1, 0.15) is 27.3 Å². The topological polar surface area (TPSA) is 83.8 Å². The number of carbonyl (C=O) groups excluding carboxylic acids is 1. The summed E-state index contributed by atoms with van der Waals surface area (Å²) in [6, 6.07) is 21.8. The minimum Gasteiger partial charge on any atom is -0.316 e. The van der Waals surface area contributed by atoms with Gasteiger partial charge in [0.05, 0.1) is 32.5 Å². The zero-order chi connectivity index (χ0) is 26.7. The Hall–Kier alpha value is -3.59. The van der Waals surface area contributed by atoms with Crippen molar-refractivity contribution in [2.24, 2.45) is 5.10 Å². The average Bonchev–Trinajstić information content (AvgIpc) is 3.18. The van der Waals surface area contributed by atoms with Crippen LogP contribution in [0.2, 0.25) is 10.0 Å². The van der Waals surface area contributed by atoms with Gasteiger partial charge in [-0.1, -0.05) is 47.5 Å². The Kier molecular flexibility index (Phi) is 7.73. The first-order valence-electron chi connectivity index (χ1n) is 11.2. The molecule has 1 heterocycles. The average molecular weight is 555 g/mol. The van der Waals surface area contributed by atoms with Crippen LogP contribution in [-0.2, 0) is 10.0 Å². The first-order chi connectivity index (χ1) is 17.6. The van der Waals surface area contributed by atoms with Gasteiger partial charge in [-0.15, -0.1) is 0 Å². The Morgan fingerprint density at radius 2 is 1.65 bits per heavy atom. The van der Waals surface area contributed by atoms with E-state index in [1.165, 1.54) is 23.5 Å². The number of carbonyl (C=O) groups is 1. The second-order valence-corrected chi connectivity index (χ2v) is 11.0. The van der Waals surface area contributed by atoms with Crippen LogP contribution in [0.5, 0.6) is 0 Å². The molecule has 0 saturated carbocycles. The minimum atomic E-state index is -3.71. The fourth-order valence-corrected chi connectivity index (χ4v) is 5.49. The number of hydrogen-bond acceptors (Lipinski definition) is 4. The smallest absolute Gasteiger partial charge is 0.271 e. The lowest BCUT2D eigenvalue weighted by atomic mass is 10.2. The van der Waals surface area contributed by atoms with Crippen LogP contribution < -0.4 is 9.73 Å². The maximum absolute atomic E-state index is 12.8. The van der Waals surface area contributed by atoms with Gasteiger partial charge in [-0.3, -0.25) is 9.10 Å². The Morgan fingerprint density at radius 3 is 2.32 bits per heavy atom. The summed E-state index contributed by atoms with van der Waals surface area (Å²) < 4.78 is 28.8. The molecule has 0 bridgehead atoms. The predicted octanol–water partition coefficient (Wildman–Crippen LogP) is 5.99. The third-order valence-corrected chi connectivity index (χ3v) is 8.52. The maximum Gasteiger partial charge on any atom is 0.271 e. The highest BCUT2D eigenvalue weighted by Crippen LogP contribution is 2.31. The third-order valence-electron chi connectivity index (χ3n) is 5.91. The number of amides is 1. The molecule has 3 aromatic carbocycles. The summed E-state index contributed by atoms with van der Waals surface area (Å²) in [5, 5.41) is 5.01. The molecule has 37 heavy (non-hydrogen) atoms. The molecular weight excluding hydrogens is 531 g/mol. The summed E-state index contributed by atoms with van der Waals surface area (Å²) in [4.78, 5) is 12.8. The fourth-order valence-electron chi connectivity index (χ4n) is 3.89. The lowest BCUT2D eigenvalue weighted by molar-refractivity contribution is 0.0955. The van der Waals surface area contributed by atoms with Crippen LogP contribution >= 0.6 is 23.2 Å². The zero-order valence-corrected chi connectivity index (χ0v) is 22.6. The molecule has 1 amide bonds. The summed E-state index contributed by atoms with van der Waals surface area (Å²) in [6.45, 7) is 3.86. The van der Waals surface area contributed by atoms with Crippen LogP contribution in [0.25, 0.3) is 5.69 Å². The summed E-state index contributed by atoms with van der Waals surface area (Å²) in [5.74, 6) is -0.428. The fraction of sp³-hybridized carbons (Fsp3) is 0.111. The van der Waals surface area contributed by atoms with Gasteiger partial charge in [0, 0.05) is 29.6 Å². The van der Waals surface area contributed by atoms with E-state index < -0.39 is 15.9 Å². The Balaban J connectivity index is 1.46. The molecule has 1 aromatic heterocycles. The second-order valence-electron chi connectivity index (χ2n) is 8.27. The van der Waals surface area contributed by atoms with Crippen LogP contribution in [0.3, 0.4) is 0 Å². The predicted molar refractivity (Wildman–Crippen MR) is 149 cm³/mol. The number of anilines is 1. The largest absolute Gasteiger partial charge is 0.316 e. The molecular formula is C27H24Cl2N4O3S. The number of benzene rings is 3. The van der Waals surface area contributed by atoms with Crippen molar-refractivity contribution in [2.45, 2.75) is 18.7 Å². The number of hydrazone groups is 1. The zero-order valence-electron chi connectivity index (χ0n) is 20.3. The van der Waals surface area contributed by atoms with Gasteiger partial charge in [0.25, 0.3) is 15.9 Å². The van der Waals surface area contributed by atoms with Crippen LogP contribution in [0.15, 0.2) is 88.9 Å². The van der Waals surface area contributed by atoms with Gasteiger partial charge in [0.2, 0.25) is 0 Å². The van der Waals surface area contributed by atoms with Crippen LogP contribution in [-0.4, -0.2) is 32.2 Å². The highest BCUT2D eigenvalue weighted by molar-refractivity contribution is 7.92. The van der Waals surface area contributed by atoms with Crippen molar-refractivity contribution in [3.8, 4) is 5.69 Å². The molecule has 0 saturated heterocycles. The van der Waals surface area contributed by atoms with Crippen LogP contribution in [0, 0.1) is 13.8 Å². The second kappa shape index (κ2) is 10.8. The van der Waals surface area contributed by atoms with Gasteiger partial charge in [0.1, 0.15) is 0 Å². The van der Waals surface area contributed by atoms with Crippen molar-refractivity contribution in [3.05, 3.63) is 111 Å². The Labute approximate surface area is 226 Å². The highest BCUT2D eigenvalue weighted by atomic mass is 35.5. The van der Waals surface area contributed by atoms with E-state index in [1.54, 1.807) is 54.7 Å². The molecule has 0 spiro atoms. The number of nitrogens with one attached hydrogen (secondary N) is 1. The molecule has 0 radical (unpaired) electrons. The Morgan fingerprint density at radius 1 is 0.973 bits per heavy atom. The summed E-state index contributed by atoms with van der Waals surface area (Å²) in [7, 11) is -2.24. The van der Waals surface area contributed by atoms with Crippen molar-refractivity contribution in [1.29, 1.82) is 0 Å². The molecule has 190 valence electrons. The van der Waals surface area contributed by atoms with Crippen molar-refractivity contribution in [3.63, 3.8) is 0 Å². The van der Waals surface area contributed by atoms with Gasteiger partial charge in [-0.2, -0.15) is 5.10 Å². The van der Waals surface area contributed by atoms with Gasteiger partial charge < -0.3 is 4.57 Å². The number of rotatable bonds is 7. The maximum atomic E-state index is 12.8. The van der Waals surface area contributed by atoms with E-state index in [0.717, 1.165) is 22.6 Å². The van der Waals surface area contributed by atoms with E-state index in [4.69, 9.17) is 23.2 Å². The standard InChI is InChI=1S/C27H24Cl2N4O3S/c1-18-16-21(19(2)33(18)25-11-7-10-24(28)26(25)29)17-30-31-27(34)20-12-14-22(15-13-20)32(3)37(35,36)23-8-5-4-6-9-23/h4-17H,1-3H3,(H,31,34)/b30-17+. The van der Waals surface area contributed by atoms with Gasteiger partial charge >= 0.3 is 0 Å². The molecule has 0 aliphatic carbocycles. The molecule has 0 fully saturated rings. The van der Waals surface area contributed by atoms with E-state index in [-0.39, 0.29) is 4.90 Å². The number of aryl methyl sites for hydroxylation is 1. The van der Waals surface area contributed by atoms with E-state index in [2.05, 4.69) is 10.5 Å². The molecule has 10 heteroatoms. The van der Waals surface area contributed by atoms with Crippen molar-refractivity contribution in [1.82, 2.24) is 9.99 Å². The van der Waals surface area contributed by atoms with Crippen LogP contribution in [0.4, 0.5) is 5.69 Å². The monoisotopic (exact) mass is 554 g/mol. The quantitative estimate of drug-likeness (QED) is 0.225.